The van der Waals surface area contributed by atoms with Crippen molar-refractivity contribution in [3.8, 4) is 5.75 Å². The zero-order valence-corrected chi connectivity index (χ0v) is 11.5. The molecule has 0 aliphatic carbocycles. The average Bonchev–Trinajstić information content (AvgIpc) is 2.16. The maximum atomic E-state index is 10.7. The SMILES string of the molecule is O=C[C@@H](Cc1ccc(O)cc1)N(I)I. The first-order valence-electron chi connectivity index (χ1n) is 3.97. The Morgan fingerprint density at radius 2 is 1.93 bits per heavy atom. The van der Waals surface area contributed by atoms with Gasteiger partial charge >= 0.3 is 0 Å². The highest BCUT2D eigenvalue weighted by atomic mass is 127. The second-order valence-corrected chi connectivity index (χ2v) is 6.76. The average molecular weight is 417 g/mol. The molecule has 1 aromatic rings. The van der Waals surface area contributed by atoms with Crippen molar-refractivity contribution >= 4 is 52.0 Å². The highest BCUT2D eigenvalue weighted by Gasteiger charge is 2.13. The van der Waals surface area contributed by atoms with Crippen molar-refractivity contribution in [3.63, 3.8) is 0 Å². The topological polar surface area (TPSA) is 40.5 Å². The number of phenols is 1. The molecule has 0 amide bonds. The highest BCUT2D eigenvalue weighted by molar-refractivity contribution is 14.2. The Balaban J connectivity index is 2.67. The molecule has 0 bridgehead atoms. The largest absolute Gasteiger partial charge is 0.508 e. The van der Waals surface area contributed by atoms with Crippen LogP contribution in [0.25, 0.3) is 0 Å². The molecule has 1 rings (SSSR count). The van der Waals surface area contributed by atoms with Gasteiger partial charge in [0.1, 0.15) is 12.0 Å². The molecule has 0 aliphatic rings. The van der Waals surface area contributed by atoms with Crippen molar-refractivity contribution in [1.82, 2.24) is 1.33 Å². The Kier molecular flexibility index (Phi) is 5.10. The quantitative estimate of drug-likeness (QED) is 0.465. The lowest BCUT2D eigenvalue weighted by Gasteiger charge is -2.13. The van der Waals surface area contributed by atoms with E-state index in [1.54, 1.807) is 12.1 Å². The lowest BCUT2D eigenvalue weighted by molar-refractivity contribution is -0.109. The maximum Gasteiger partial charge on any atom is 0.139 e. The number of carbonyl (C=O) groups excluding carboxylic acids is 1. The molecule has 3 nitrogen and oxygen atoms in total. The van der Waals surface area contributed by atoms with Crippen molar-refractivity contribution in [2.45, 2.75) is 12.5 Å². The number of hydrogen-bond acceptors (Lipinski definition) is 3. The molecule has 5 heteroatoms. The van der Waals surface area contributed by atoms with E-state index in [0.717, 1.165) is 11.8 Å². The summed E-state index contributed by atoms with van der Waals surface area (Å²) in [5.41, 5.74) is 1.04. The Bertz CT molecular complexity index is 300. The third-order valence-corrected chi connectivity index (χ3v) is 3.22. The first-order chi connectivity index (χ1) is 6.63. The van der Waals surface area contributed by atoms with E-state index in [9.17, 15) is 4.79 Å². The molecule has 1 atom stereocenters. The molecule has 0 saturated carbocycles. The van der Waals surface area contributed by atoms with E-state index in [2.05, 4.69) is 45.7 Å². The van der Waals surface area contributed by atoms with E-state index in [1.807, 2.05) is 13.5 Å². The predicted molar refractivity (Wildman–Crippen MR) is 71.5 cm³/mol. The molecule has 0 fully saturated rings. The van der Waals surface area contributed by atoms with Gasteiger partial charge < -0.3 is 9.90 Å². The van der Waals surface area contributed by atoms with Crippen LogP contribution in [0.4, 0.5) is 0 Å². The number of phenolic OH excluding ortho intramolecular Hbond substituents is 1. The van der Waals surface area contributed by atoms with Crippen LogP contribution in [0.15, 0.2) is 24.3 Å². The van der Waals surface area contributed by atoms with Crippen molar-refractivity contribution in [3.05, 3.63) is 29.8 Å². The van der Waals surface area contributed by atoms with E-state index in [4.69, 9.17) is 5.11 Å². The van der Waals surface area contributed by atoms with Gasteiger partial charge in [-0.2, -0.15) is 1.33 Å². The van der Waals surface area contributed by atoms with Crippen LogP contribution in [0.5, 0.6) is 5.75 Å². The number of aldehydes is 1. The van der Waals surface area contributed by atoms with Gasteiger partial charge in [-0.1, -0.05) is 12.1 Å². The van der Waals surface area contributed by atoms with E-state index in [-0.39, 0.29) is 11.8 Å². The van der Waals surface area contributed by atoms with Gasteiger partial charge in [0.25, 0.3) is 0 Å². The zero-order chi connectivity index (χ0) is 10.6. The smallest absolute Gasteiger partial charge is 0.139 e. The number of halogens is 2. The fourth-order valence-electron chi connectivity index (χ4n) is 1.04. The number of nitrogens with zero attached hydrogens (tertiary/aromatic N) is 1. The van der Waals surface area contributed by atoms with E-state index in [0.29, 0.717) is 6.42 Å². The molecular weight excluding hydrogens is 408 g/mol. The van der Waals surface area contributed by atoms with Gasteiger partial charge in [0.15, 0.2) is 0 Å². The maximum absolute atomic E-state index is 10.7. The minimum atomic E-state index is -0.124. The summed E-state index contributed by atoms with van der Waals surface area (Å²) in [5.74, 6) is 0.247. The molecule has 14 heavy (non-hydrogen) atoms. The molecule has 0 saturated heterocycles. The monoisotopic (exact) mass is 417 g/mol. The number of aromatic hydroxyl groups is 1. The lowest BCUT2D eigenvalue weighted by atomic mass is 10.1. The first-order valence-corrected chi connectivity index (χ1v) is 5.90. The Morgan fingerprint density at radius 3 is 2.36 bits per heavy atom. The Hall–Kier alpha value is 0.110. The van der Waals surface area contributed by atoms with E-state index >= 15 is 0 Å². The summed E-state index contributed by atoms with van der Waals surface area (Å²) in [4.78, 5) is 10.7. The molecular formula is C9H9I2NO2. The fourth-order valence-corrected chi connectivity index (χ4v) is 1.69. The van der Waals surface area contributed by atoms with E-state index in [1.165, 1.54) is 0 Å². The molecule has 1 aromatic carbocycles. The van der Waals surface area contributed by atoms with Gasteiger partial charge in [0.2, 0.25) is 0 Å². The molecule has 0 spiro atoms. The minimum Gasteiger partial charge on any atom is -0.508 e. The zero-order valence-electron chi connectivity index (χ0n) is 7.23. The van der Waals surface area contributed by atoms with Gasteiger partial charge in [-0.15, -0.1) is 0 Å². The third kappa shape index (κ3) is 3.70. The van der Waals surface area contributed by atoms with E-state index < -0.39 is 0 Å². The minimum absolute atomic E-state index is 0.124. The Morgan fingerprint density at radius 1 is 1.36 bits per heavy atom. The van der Waals surface area contributed by atoms with Crippen molar-refractivity contribution in [2.75, 3.05) is 0 Å². The standard InChI is InChI=1S/C9H9I2NO2/c10-12(11)8(6-13)5-7-1-3-9(14)4-2-7/h1-4,6,8,14H,5H2/t8-/m1/s1. The van der Waals surface area contributed by atoms with Crippen LogP contribution in [0.1, 0.15) is 5.56 Å². The van der Waals surface area contributed by atoms with Gasteiger partial charge in [-0.05, 0) is 24.1 Å². The number of hydrogen-bond donors (Lipinski definition) is 1. The molecule has 1 N–H and O–H groups in total. The molecule has 0 heterocycles. The lowest BCUT2D eigenvalue weighted by Crippen LogP contribution is -2.22. The normalized spacial score (nSPS) is 12.8. The first kappa shape index (κ1) is 12.2. The van der Waals surface area contributed by atoms with Crippen molar-refractivity contribution in [1.29, 1.82) is 0 Å². The summed E-state index contributed by atoms with van der Waals surface area (Å²) in [5, 5.41) is 9.07. The third-order valence-electron chi connectivity index (χ3n) is 1.79. The molecule has 0 unspecified atom stereocenters. The number of benzene rings is 1. The Labute approximate surface area is 110 Å². The van der Waals surface area contributed by atoms with Gasteiger partial charge in [0.05, 0.1) is 6.04 Å². The second-order valence-electron chi connectivity index (χ2n) is 2.83. The molecule has 0 aliphatic heterocycles. The van der Waals surface area contributed by atoms with Crippen LogP contribution < -0.4 is 0 Å². The van der Waals surface area contributed by atoms with Crippen LogP contribution in [0.3, 0.4) is 0 Å². The number of carbonyl (C=O) groups is 1. The second kappa shape index (κ2) is 5.86. The van der Waals surface area contributed by atoms with Crippen LogP contribution in [-0.2, 0) is 11.2 Å². The van der Waals surface area contributed by atoms with Crippen LogP contribution in [0, 0.1) is 0 Å². The molecule has 0 aromatic heterocycles. The summed E-state index contributed by atoms with van der Waals surface area (Å²) < 4.78 is 1.81. The summed E-state index contributed by atoms with van der Waals surface area (Å²) >= 11 is 4.15. The summed E-state index contributed by atoms with van der Waals surface area (Å²) in [6.07, 6.45) is 1.58. The number of rotatable bonds is 4. The van der Waals surface area contributed by atoms with Gasteiger partial charge in [-0.3, -0.25) is 0 Å². The molecule has 0 radical (unpaired) electrons. The summed E-state index contributed by atoms with van der Waals surface area (Å²) in [6.45, 7) is 0. The van der Waals surface area contributed by atoms with Gasteiger partial charge in [0, 0.05) is 45.7 Å². The van der Waals surface area contributed by atoms with Crippen molar-refractivity contribution in [2.24, 2.45) is 0 Å². The summed E-state index contributed by atoms with van der Waals surface area (Å²) in [7, 11) is 0. The highest BCUT2D eigenvalue weighted by Crippen LogP contribution is 2.17. The fraction of sp³-hybridized carbons (Fsp3) is 0.222. The van der Waals surface area contributed by atoms with Crippen LogP contribution in [0.2, 0.25) is 0 Å². The summed E-state index contributed by atoms with van der Waals surface area (Å²) in [6, 6.07) is 6.77. The van der Waals surface area contributed by atoms with Crippen LogP contribution >= 0.6 is 45.7 Å². The molecule has 76 valence electrons. The van der Waals surface area contributed by atoms with Crippen molar-refractivity contribution < 1.29 is 9.90 Å². The van der Waals surface area contributed by atoms with Gasteiger partial charge in [-0.25, -0.2) is 0 Å². The van der Waals surface area contributed by atoms with Crippen LogP contribution in [-0.4, -0.2) is 18.8 Å². The predicted octanol–water partition coefficient (Wildman–Crippen LogP) is 2.50.